The lowest BCUT2D eigenvalue weighted by Gasteiger charge is -2.07. The molecular weight excluding hydrogens is 298 g/mol. The molecule has 8 nitrogen and oxygen atoms in total. The SMILES string of the molecule is Cc1c(Sc2nccc(=O)[nH]2)cc(C(=O)O)cc1[N+](=O)[O-]. The first kappa shape index (κ1) is 14.7. The second-order valence-electron chi connectivity index (χ2n) is 4.02. The molecular formula is C12H9N3O5S. The zero-order valence-corrected chi connectivity index (χ0v) is 11.5. The van der Waals surface area contributed by atoms with Crippen LogP contribution in [-0.2, 0) is 0 Å². The molecule has 0 atom stereocenters. The van der Waals surface area contributed by atoms with Crippen LogP contribution in [-0.4, -0.2) is 26.0 Å². The number of aromatic carboxylic acids is 1. The zero-order valence-electron chi connectivity index (χ0n) is 10.7. The van der Waals surface area contributed by atoms with Crippen molar-refractivity contribution < 1.29 is 14.8 Å². The molecule has 2 rings (SSSR count). The van der Waals surface area contributed by atoms with Crippen LogP contribution >= 0.6 is 11.8 Å². The number of aromatic nitrogens is 2. The Hall–Kier alpha value is -2.68. The molecule has 2 N–H and O–H groups in total. The normalized spacial score (nSPS) is 10.3. The Balaban J connectivity index is 2.54. The molecule has 0 radical (unpaired) electrons. The second kappa shape index (κ2) is 5.75. The van der Waals surface area contributed by atoms with Crippen molar-refractivity contribution in [1.29, 1.82) is 0 Å². The van der Waals surface area contributed by atoms with E-state index in [0.717, 1.165) is 17.8 Å². The number of nitro groups is 1. The van der Waals surface area contributed by atoms with E-state index in [2.05, 4.69) is 9.97 Å². The van der Waals surface area contributed by atoms with Crippen LogP contribution in [0.25, 0.3) is 0 Å². The minimum absolute atomic E-state index is 0.201. The molecule has 9 heteroatoms. The lowest BCUT2D eigenvalue weighted by Crippen LogP contribution is -2.06. The van der Waals surface area contributed by atoms with Gasteiger partial charge in [-0.2, -0.15) is 0 Å². The third-order valence-electron chi connectivity index (χ3n) is 2.63. The fourth-order valence-electron chi connectivity index (χ4n) is 1.60. The van der Waals surface area contributed by atoms with Crippen molar-refractivity contribution in [2.24, 2.45) is 0 Å². The minimum atomic E-state index is -1.27. The average Bonchev–Trinajstić information content (AvgIpc) is 2.40. The van der Waals surface area contributed by atoms with E-state index >= 15 is 0 Å². The highest BCUT2D eigenvalue weighted by Crippen LogP contribution is 2.33. The molecule has 0 fully saturated rings. The maximum atomic E-state index is 11.2. The number of hydrogen-bond donors (Lipinski definition) is 2. The van der Waals surface area contributed by atoms with Crippen molar-refractivity contribution in [1.82, 2.24) is 9.97 Å². The predicted octanol–water partition coefficient (Wildman–Crippen LogP) is 1.84. The van der Waals surface area contributed by atoms with Gasteiger partial charge in [0.15, 0.2) is 5.16 Å². The number of aromatic amines is 1. The second-order valence-corrected chi connectivity index (χ2v) is 5.05. The van der Waals surface area contributed by atoms with Crippen LogP contribution < -0.4 is 5.56 Å². The fraction of sp³-hybridized carbons (Fsp3) is 0.0833. The van der Waals surface area contributed by atoms with Gasteiger partial charge in [-0.05, 0) is 13.0 Å². The molecule has 1 aromatic carbocycles. The average molecular weight is 307 g/mol. The highest BCUT2D eigenvalue weighted by molar-refractivity contribution is 7.99. The van der Waals surface area contributed by atoms with Gasteiger partial charge >= 0.3 is 5.97 Å². The van der Waals surface area contributed by atoms with E-state index in [-0.39, 0.29) is 22.0 Å². The molecule has 0 amide bonds. The van der Waals surface area contributed by atoms with Crippen LogP contribution in [0.15, 0.2) is 39.2 Å². The molecule has 0 aliphatic heterocycles. The van der Waals surface area contributed by atoms with Gasteiger partial charge in [0.05, 0.1) is 10.5 Å². The Kier molecular flexibility index (Phi) is 4.03. The van der Waals surface area contributed by atoms with Gasteiger partial charge in [0, 0.05) is 28.8 Å². The van der Waals surface area contributed by atoms with Gasteiger partial charge in [-0.15, -0.1) is 0 Å². The summed E-state index contributed by atoms with van der Waals surface area (Å²) in [7, 11) is 0. The van der Waals surface area contributed by atoms with E-state index in [1.807, 2.05) is 0 Å². The molecule has 0 aliphatic carbocycles. The first-order valence-electron chi connectivity index (χ1n) is 5.64. The van der Waals surface area contributed by atoms with Gasteiger partial charge in [-0.3, -0.25) is 14.9 Å². The minimum Gasteiger partial charge on any atom is -0.478 e. The van der Waals surface area contributed by atoms with Crippen LogP contribution in [0.4, 0.5) is 5.69 Å². The van der Waals surface area contributed by atoms with Crippen molar-refractivity contribution in [3.05, 3.63) is 56.0 Å². The topological polar surface area (TPSA) is 126 Å². The molecule has 0 spiro atoms. The lowest BCUT2D eigenvalue weighted by atomic mass is 10.1. The Bertz CT molecular complexity index is 787. The number of benzene rings is 1. The molecule has 0 saturated heterocycles. The molecule has 0 unspecified atom stereocenters. The van der Waals surface area contributed by atoms with Gasteiger partial charge in [0.1, 0.15) is 0 Å². The highest BCUT2D eigenvalue weighted by atomic mass is 32.2. The third kappa shape index (κ3) is 3.26. The highest BCUT2D eigenvalue weighted by Gasteiger charge is 2.20. The van der Waals surface area contributed by atoms with E-state index in [1.54, 1.807) is 0 Å². The Labute approximate surface area is 122 Å². The summed E-state index contributed by atoms with van der Waals surface area (Å²) >= 11 is 0.957. The number of carboxylic acids is 1. The quantitative estimate of drug-likeness (QED) is 0.501. The number of H-pyrrole nitrogens is 1. The van der Waals surface area contributed by atoms with Crippen LogP contribution in [0.3, 0.4) is 0 Å². The molecule has 1 aromatic heterocycles. The summed E-state index contributed by atoms with van der Waals surface area (Å²) in [6, 6.07) is 3.54. The number of carbonyl (C=O) groups is 1. The number of nitrogens with zero attached hydrogens (tertiary/aromatic N) is 2. The van der Waals surface area contributed by atoms with E-state index in [0.29, 0.717) is 10.5 Å². The fourth-order valence-corrected chi connectivity index (χ4v) is 2.52. The molecule has 0 saturated carbocycles. The Morgan fingerprint density at radius 1 is 1.48 bits per heavy atom. The number of nitrogens with one attached hydrogen (secondary N) is 1. The van der Waals surface area contributed by atoms with Crippen molar-refractivity contribution in [2.45, 2.75) is 17.0 Å². The first-order valence-corrected chi connectivity index (χ1v) is 6.45. The number of rotatable bonds is 4. The van der Waals surface area contributed by atoms with E-state index in [4.69, 9.17) is 5.11 Å². The van der Waals surface area contributed by atoms with Gasteiger partial charge in [0.2, 0.25) is 0 Å². The summed E-state index contributed by atoms with van der Waals surface area (Å²) in [5, 5.41) is 20.2. The third-order valence-corrected chi connectivity index (χ3v) is 3.68. The monoisotopic (exact) mass is 307 g/mol. The molecule has 108 valence electrons. The van der Waals surface area contributed by atoms with Gasteiger partial charge < -0.3 is 10.1 Å². The molecule has 21 heavy (non-hydrogen) atoms. The van der Waals surface area contributed by atoms with Crippen molar-refractivity contribution >= 4 is 23.4 Å². The largest absolute Gasteiger partial charge is 0.478 e. The Morgan fingerprint density at radius 2 is 2.19 bits per heavy atom. The predicted molar refractivity (Wildman–Crippen MR) is 73.8 cm³/mol. The van der Waals surface area contributed by atoms with E-state index in [9.17, 15) is 19.7 Å². The van der Waals surface area contributed by atoms with Crippen molar-refractivity contribution in [3.63, 3.8) is 0 Å². The molecule has 0 aliphatic rings. The zero-order chi connectivity index (χ0) is 15.6. The van der Waals surface area contributed by atoms with Gasteiger partial charge in [-0.25, -0.2) is 9.78 Å². The Morgan fingerprint density at radius 3 is 2.76 bits per heavy atom. The summed E-state index contributed by atoms with van der Waals surface area (Å²) in [5.41, 5.74) is -0.556. The summed E-state index contributed by atoms with van der Waals surface area (Å²) in [4.78, 5) is 39.3. The molecule has 2 aromatic rings. The van der Waals surface area contributed by atoms with Crippen LogP contribution in [0.5, 0.6) is 0 Å². The molecule has 0 bridgehead atoms. The summed E-state index contributed by atoms with van der Waals surface area (Å²) in [6.07, 6.45) is 1.30. The maximum absolute atomic E-state index is 11.2. The van der Waals surface area contributed by atoms with Gasteiger partial charge in [0.25, 0.3) is 11.2 Å². The standard InChI is InChI=1S/C12H9N3O5S/c1-6-8(15(19)20)4-7(11(17)18)5-9(6)21-12-13-3-2-10(16)14-12/h2-5H,1H3,(H,17,18)(H,13,14,16). The summed E-state index contributed by atoms with van der Waals surface area (Å²) in [6.45, 7) is 1.51. The van der Waals surface area contributed by atoms with Crippen molar-refractivity contribution in [3.8, 4) is 0 Å². The number of nitro benzene ring substituents is 1. The van der Waals surface area contributed by atoms with Crippen LogP contribution in [0.1, 0.15) is 15.9 Å². The lowest BCUT2D eigenvalue weighted by molar-refractivity contribution is -0.385. The van der Waals surface area contributed by atoms with E-state index in [1.165, 1.54) is 25.3 Å². The molecule has 1 heterocycles. The number of carboxylic acid groups (broad SMARTS) is 1. The van der Waals surface area contributed by atoms with Crippen LogP contribution in [0, 0.1) is 17.0 Å². The van der Waals surface area contributed by atoms with E-state index < -0.39 is 10.9 Å². The smallest absolute Gasteiger partial charge is 0.335 e. The van der Waals surface area contributed by atoms with Gasteiger partial charge in [-0.1, -0.05) is 11.8 Å². The first-order chi connectivity index (χ1) is 9.88. The summed E-state index contributed by atoms with van der Waals surface area (Å²) < 4.78 is 0. The van der Waals surface area contributed by atoms with Crippen LogP contribution in [0.2, 0.25) is 0 Å². The maximum Gasteiger partial charge on any atom is 0.335 e. The summed E-state index contributed by atoms with van der Waals surface area (Å²) in [5.74, 6) is -1.27. The number of hydrogen-bond acceptors (Lipinski definition) is 6. The van der Waals surface area contributed by atoms with Crippen molar-refractivity contribution in [2.75, 3.05) is 0 Å².